The lowest BCUT2D eigenvalue weighted by atomic mass is 10.1. The molecule has 0 aliphatic rings. The highest BCUT2D eigenvalue weighted by atomic mass is 35.5. The Kier molecular flexibility index (Phi) is 4.57. The largest absolute Gasteiger partial charge is 0.323 e. The van der Waals surface area contributed by atoms with Gasteiger partial charge in [-0.15, -0.1) is 0 Å². The first-order valence-corrected chi connectivity index (χ1v) is 8.80. The summed E-state index contributed by atoms with van der Waals surface area (Å²) in [6, 6.07) is 12.3. The molecule has 4 rings (SSSR count). The van der Waals surface area contributed by atoms with Gasteiger partial charge in [0.15, 0.2) is 5.65 Å². The van der Waals surface area contributed by atoms with Gasteiger partial charge in [0.1, 0.15) is 11.6 Å². The van der Waals surface area contributed by atoms with Crippen LogP contribution in [0, 0.1) is 11.6 Å². The minimum Gasteiger partial charge on any atom is -0.323 e. The fraction of sp³-hybridized carbons (Fsp3) is 0.0476. The van der Waals surface area contributed by atoms with E-state index in [0.717, 1.165) is 0 Å². The van der Waals surface area contributed by atoms with E-state index in [-0.39, 0.29) is 16.7 Å². The number of amides is 1. The molecule has 7 heteroatoms. The van der Waals surface area contributed by atoms with Gasteiger partial charge in [-0.3, -0.25) is 9.20 Å². The molecule has 0 atom stereocenters. The second kappa shape index (κ2) is 7.05. The molecule has 0 aliphatic heterocycles. The summed E-state index contributed by atoms with van der Waals surface area (Å²) in [5.41, 5.74) is 3.62. The van der Waals surface area contributed by atoms with Gasteiger partial charge in [-0.25, -0.2) is 13.8 Å². The standard InChI is InChI=1S/C21H14ClF2N3O/c1-12(28)26-19-9-15(13-3-2-4-16(23)7-13)11-27-20(10-25-21(19)27)14-5-6-18(24)17(22)8-14/h2-11H,1H3,(H,26,28). The van der Waals surface area contributed by atoms with E-state index in [4.69, 9.17) is 11.6 Å². The number of imidazole rings is 1. The maximum atomic E-state index is 13.7. The topological polar surface area (TPSA) is 46.4 Å². The zero-order chi connectivity index (χ0) is 19.8. The first kappa shape index (κ1) is 18.1. The second-order valence-corrected chi connectivity index (χ2v) is 6.71. The number of fused-ring (bicyclic) bond motifs is 1. The van der Waals surface area contributed by atoms with Crippen LogP contribution in [0.4, 0.5) is 14.5 Å². The number of rotatable bonds is 3. The van der Waals surface area contributed by atoms with E-state index in [9.17, 15) is 13.6 Å². The first-order valence-electron chi connectivity index (χ1n) is 8.42. The van der Waals surface area contributed by atoms with Crippen LogP contribution >= 0.6 is 11.6 Å². The number of carbonyl (C=O) groups is 1. The Balaban J connectivity index is 1.97. The molecular weight excluding hydrogens is 384 g/mol. The van der Waals surface area contributed by atoms with Gasteiger partial charge in [0.05, 0.1) is 22.6 Å². The van der Waals surface area contributed by atoms with E-state index in [1.54, 1.807) is 41.1 Å². The van der Waals surface area contributed by atoms with Gasteiger partial charge in [-0.05, 0) is 42.0 Å². The van der Waals surface area contributed by atoms with Gasteiger partial charge in [-0.2, -0.15) is 0 Å². The Hall–Kier alpha value is -3.25. The minimum absolute atomic E-state index is 0.00387. The van der Waals surface area contributed by atoms with Crippen LogP contribution in [0.3, 0.4) is 0 Å². The van der Waals surface area contributed by atoms with Gasteiger partial charge < -0.3 is 5.32 Å². The van der Waals surface area contributed by atoms with E-state index in [1.807, 2.05) is 0 Å². The maximum Gasteiger partial charge on any atom is 0.221 e. The van der Waals surface area contributed by atoms with Crippen molar-refractivity contribution < 1.29 is 13.6 Å². The van der Waals surface area contributed by atoms with E-state index >= 15 is 0 Å². The highest BCUT2D eigenvalue weighted by Gasteiger charge is 2.14. The molecule has 2 aromatic heterocycles. The van der Waals surface area contributed by atoms with Crippen molar-refractivity contribution in [3.05, 3.63) is 77.6 Å². The molecule has 4 nitrogen and oxygen atoms in total. The molecule has 0 spiro atoms. The molecular formula is C21H14ClF2N3O. The summed E-state index contributed by atoms with van der Waals surface area (Å²) in [6.45, 7) is 1.40. The normalized spacial score (nSPS) is 11.0. The monoisotopic (exact) mass is 397 g/mol. The number of hydrogen-bond donors (Lipinski definition) is 1. The van der Waals surface area contributed by atoms with Crippen molar-refractivity contribution in [2.75, 3.05) is 5.32 Å². The highest BCUT2D eigenvalue weighted by molar-refractivity contribution is 6.31. The average molecular weight is 398 g/mol. The average Bonchev–Trinajstić information content (AvgIpc) is 3.08. The van der Waals surface area contributed by atoms with E-state index in [1.165, 1.54) is 31.2 Å². The van der Waals surface area contributed by atoms with E-state index in [0.29, 0.717) is 33.7 Å². The fourth-order valence-corrected chi connectivity index (χ4v) is 3.24. The van der Waals surface area contributed by atoms with Crippen molar-refractivity contribution in [2.24, 2.45) is 0 Å². The lowest BCUT2D eigenvalue weighted by molar-refractivity contribution is -0.114. The number of pyridine rings is 1. The quantitative estimate of drug-likeness (QED) is 0.492. The summed E-state index contributed by atoms with van der Waals surface area (Å²) in [7, 11) is 0. The molecule has 0 fully saturated rings. The smallest absolute Gasteiger partial charge is 0.221 e. The molecule has 0 saturated carbocycles. The van der Waals surface area contributed by atoms with Gasteiger partial charge in [0.25, 0.3) is 0 Å². The molecule has 0 unspecified atom stereocenters. The number of nitrogens with zero attached hydrogens (tertiary/aromatic N) is 2. The van der Waals surface area contributed by atoms with Crippen LogP contribution in [-0.2, 0) is 4.79 Å². The van der Waals surface area contributed by atoms with Crippen molar-refractivity contribution in [3.63, 3.8) is 0 Å². The Morgan fingerprint density at radius 3 is 2.61 bits per heavy atom. The molecule has 0 saturated heterocycles. The Labute approximate surface area is 164 Å². The van der Waals surface area contributed by atoms with Crippen LogP contribution in [0.15, 0.2) is 60.9 Å². The molecule has 1 N–H and O–H groups in total. The number of anilines is 1. The summed E-state index contributed by atoms with van der Waals surface area (Å²) in [5, 5.41) is 2.75. The van der Waals surface area contributed by atoms with Gasteiger partial charge in [0, 0.05) is 24.2 Å². The number of hydrogen-bond acceptors (Lipinski definition) is 2. The van der Waals surface area contributed by atoms with Crippen molar-refractivity contribution in [1.29, 1.82) is 0 Å². The van der Waals surface area contributed by atoms with Crippen LogP contribution in [0.25, 0.3) is 28.0 Å². The van der Waals surface area contributed by atoms with Gasteiger partial charge >= 0.3 is 0 Å². The predicted molar refractivity (Wildman–Crippen MR) is 105 cm³/mol. The van der Waals surface area contributed by atoms with Crippen molar-refractivity contribution in [1.82, 2.24) is 9.38 Å². The fourth-order valence-electron chi connectivity index (χ4n) is 3.06. The van der Waals surface area contributed by atoms with Crippen LogP contribution in [0.5, 0.6) is 0 Å². The van der Waals surface area contributed by atoms with Crippen LogP contribution in [-0.4, -0.2) is 15.3 Å². The SMILES string of the molecule is CC(=O)Nc1cc(-c2cccc(F)c2)cn2c(-c3ccc(F)c(Cl)c3)cnc12. The zero-order valence-corrected chi connectivity index (χ0v) is 15.5. The molecule has 0 aliphatic carbocycles. The summed E-state index contributed by atoms with van der Waals surface area (Å²) < 4.78 is 29.0. The number of benzene rings is 2. The zero-order valence-electron chi connectivity index (χ0n) is 14.7. The van der Waals surface area contributed by atoms with Crippen LogP contribution in [0.1, 0.15) is 6.92 Å². The molecule has 140 valence electrons. The summed E-state index contributed by atoms with van der Waals surface area (Å²) >= 11 is 5.92. The first-order chi connectivity index (χ1) is 13.4. The molecule has 2 heterocycles. The molecule has 1 amide bonds. The number of aromatic nitrogens is 2. The van der Waals surface area contributed by atoms with Crippen molar-refractivity contribution in [2.45, 2.75) is 6.92 Å². The third-order valence-corrected chi connectivity index (χ3v) is 4.58. The minimum atomic E-state index is -0.515. The molecule has 0 radical (unpaired) electrons. The van der Waals surface area contributed by atoms with Crippen LogP contribution in [0.2, 0.25) is 5.02 Å². The second-order valence-electron chi connectivity index (χ2n) is 6.30. The Morgan fingerprint density at radius 1 is 1.07 bits per heavy atom. The third-order valence-electron chi connectivity index (χ3n) is 4.29. The predicted octanol–water partition coefficient (Wildman–Crippen LogP) is 5.56. The van der Waals surface area contributed by atoms with E-state index in [2.05, 4.69) is 10.3 Å². The maximum absolute atomic E-state index is 13.7. The third kappa shape index (κ3) is 3.34. The Bertz CT molecular complexity index is 1220. The highest BCUT2D eigenvalue weighted by Crippen LogP contribution is 2.31. The van der Waals surface area contributed by atoms with Crippen molar-refractivity contribution in [3.8, 4) is 22.4 Å². The lowest BCUT2D eigenvalue weighted by Crippen LogP contribution is -2.08. The van der Waals surface area contributed by atoms with Crippen LogP contribution < -0.4 is 5.32 Å². The Morgan fingerprint density at radius 2 is 1.89 bits per heavy atom. The summed E-state index contributed by atoms with van der Waals surface area (Å²) in [4.78, 5) is 16.0. The molecule has 0 bridgehead atoms. The molecule has 28 heavy (non-hydrogen) atoms. The van der Waals surface area contributed by atoms with Crippen molar-refractivity contribution >= 4 is 28.8 Å². The lowest BCUT2D eigenvalue weighted by Gasteiger charge is -2.11. The van der Waals surface area contributed by atoms with E-state index < -0.39 is 5.82 Å². The molecule has 4 aromatic rings. The number of nitrogens with one attached hydrogen (secondary N) is 1. The number of halogens is 3. The van der Waals surface area contributed by atoms with Gasteiger partial charge in [0.2, 0.25) is 5.91 Å². The summed E-state index contributed by atoms with van der Waals surface area (Å²) in [6.07, 6.45) is 3.40. The number of carbonyl (C=O) groups excluding carboxylic acids is 1. The van der Waals surface area contributed by atoms with Gasteiger partial charge in [-0.1, -0.05) is 23.7 Å². The summed E-state index contributed by atoms with van der Waals surface area (Å²) in [5.74, 6) is -1.14. The molecule has 2 aromatic carbocycles.